The van der Waals surface area contributed by atoms with Crippen LogP contribution in [0.4, 0.5) is 5.69 Å². The van der Waals surface area contributed by atoms with E-state index in [1.165, 1.54) is 6.92 Å². The van der Waals surface area contributed by atoms with Crippen molar-refractivity contribution in [2.24, 2.45) is 0 Å². The van der Waals surface area contributed by atoms with E-state index in [4.69, 9.17) is 12.2 Å². The summed E-state index contributed by atoms with van der Waals surface area (Å²) in [6.07, 6.45) is 0. The zero-order valence-electron chi connectivity index (χ0n) is 9.53. The first-order chi connectivity index (χ1) is 8.02. The predicted molar refractivity (Wildman–Crippen MR) is 69.9 cm³/mol. The molecule has 2 amide bonds. The normalized spacial score (nSPS) is 9.29. The van der Waals surface area contributed by atoms with E-state index in [1.54, 1.807) is 31.3 Å². The Balaban J connectivity index is 2.75. The smallest absolute Gasteiger partial charge is 0.251 e. The maximum atomic E-state index is 11.4. The van der Waals surface area contributed by atoms with Gasteiger partial charge in [0.25, 0.3) is 5.91 Å². The summed E-state index contributed by atoms with van der Waals surface area (Å²) in [5, 5.41) is 7.97. The van der Waals surface area contributed by atoms with Crippen LogP contribution >= 0.6 is 12.2 Å². The van der Waals surface area contributed by atoms with Gasteiger partial charge in [-0.2, -0.15) is 0 Å². The third-order valence-electron chi connectivity index (χ3n) is 1.90. The molecule has 0 radical (unpaired) electrons. The molecule has 1 aromatic rings. The molecule has 3 N–H and O–H groups in total. The number of hydrogen-bond acceptors (Lipinski definition) is 3. The topological polar surface area (TPSA) is 70.2 Å². The molecule has 5 nitrogen and oxygen atoms in total. The van der Waals surface area contributed by atoms with Crippen molar-refractivity contribution in [2.75, 3.05) is 12.4 Å². The highest BCUT2D eigenvalue weighted by molar-refractivity contribution is 7.80. The van der Waals surface area contributed by atoms with Gasteiger partial charge in [-0.05, 0) is 30.4 Å². The van der Waals surface area contributed by atoms with E-state index < -0.39 is 0 Å². The van der Waals surface area contributed by atoms with Crippen molar-refractivity contribution in [3.05, 3.63) is 29.8 Å². The van der Waals surface area contributed by atoms with E-state index >= 15 is 0 Å². The number of carbonyl (C=O) groups excluding carboxylic acids is 2. The van der Waals surface area contributed by atoms with Crippen LogP contribution in [0.1, 0.15) is 17.3 Å². The molecule has 0 unspecified atom stereocenters. The van der Waals surface area contributed by atoms with Crippen molar-refractivity contribution in [2.45, 2.75) is 6.92 Å². The molecule has 6 heteroatoms. The van der Waals surface area contributed by atoms with Gasteiger partial charge in [0.05, 0.1) is 0 Å². The highest BCUT2D eigenvalue weighted by Gasteiger charge is 2.04. The van der Waals surface area contributed by atoms with E-state index in [9.17, 15) is 9.59 Å². The van der Waals surface area contributed by atoms with Crippen LogP contribution in [0.3, 0.4) is 0 Å². The third-order valence-corrected chi connectivity index (χ3v) is 2.10. The minimum absolute atomic E-state index is 0.181. The lowest BCUT2D eigenvalue weighted by Gasteiger charge is -2.09. The van der Waals surface area contributed by atoms with Crippen molar-refractivity contribution >= 4 is 34.8 Å². The lowest BCUT2D eigenvalue weighted by Crippen LogP contribution is -2.32. The van der Waals surface area contributed by atoms with Gasteiger partial charge in [0, 0.05) is 25.2 Å². The fourth-order valence-corrected chi connectivity index (χ4v) is 1.47. The Labute approximate surface area is 105 Å². The van der Waals surface area contributed by atoms with Crippen LogP contribution in [0, 0.1) is 0 Å². The van der Waals surface area contributed by atoms with Crippen molar-refractivity contribution in [3.8, 4) is 0 Å². The Morgan fingerprint density at radius 1 is 1.29 bits per heavy atom. The Hall–Kier alpha value is -1.95. The van der Waals surface area contributed by atoms with Crippen molar-refractivity contribution < 1.29 is 9.59 Å². The molecule has 0 saturated heterocycles. The number of nitrogens with one attached hydrogen (secondary N) is 3. The molecule has 0 aliphatic rings. The first-order valence-electron chi connectivity index (χ1n) is 4.93. The van der Waals surface area contributed by atoms with Crippen molar-refractivity contribution in [3.63, 3.8) is 0 Å². The number of benzene rings is 1. The summed E-state index contributed by atoms with van der Waals surface area (Å²) in [4.78, 5) is 22.2. The molecule has 0 aliphatic carbocycles. The average Bonchev–Trinajstić information content (AvgIpc) is 2.27. The number of rotatable bonds is 2. The summed E-state index contributed by atoms with van der Waals surface area (Å²) in [6, 6.07) is 6.81. The van der Waals surface area contributed by atoms with Crippen LogP contribution in [0.15, 0.2) is 24.3 Å². The highest BCUT2D eigenvalue weighted by Crippen LogP contribution is 2.10. The van der Waals surface area contributed by atoms with Gasteiger partial charge in [0.15, 0.2) is 5.11 Å². The summed E-state index contributed by atoms with van der Waals surface area (Å²) >= 11 is 4.91. The number of amides is 2. The van der Waals surface area contributed by atoms with E-state index in [0.717, 1.165) is 0 Å². The first-order valence-corrected chi connectivity index (χ1v) is 5.34. The molecule has 17 heavy (non-hydrogen) atoms. The molecule has 0 atom stereocenters. The maximum Gasteiger partial charge on any atom is 0.251 e. The zero-order valence-corrected chi connectivity index (χ0v) is 10.4. The highest BCUT2D eigenvalue weighted by atomic mass is 32.1. The van der Waals surface area contributed by atoms with Gasteiger partial charge in [-0.15, -0.1) is 0 Å². The van der Waals surface area contributed by atoms with Gasteiger partial charge in [-0.3, -0.25) is 9.59 Å². The van der Waals surface area contributed by atoms with Gasteiger partial charge < -0.3 is 16.0 Å². The van der Waals surface area contributed by atoms with E-state index in [0.29, 0.717) is 11.3 Å². The molecule has 0 spiro atoms. The molecule has 1 rings (SSSR count). The molecular weight excluding hydrogens is 238 g/mol. The van der Waals surface area contributed by atoms with E-state index in [2.05, 4.69) is 16.0 Å². The van der Waals surface area contributed by atoms with Crippen molar-refractivity contribution in [1.29, 1.82) is 0 Å². The minimum atomic E-state index is -0.245. The molecular formula is C11H13N3O2S. The maximum absolute atomic E-state index is 11.4. The van der Waals surface area contributed by atoms with Gasteiger partial charge in [0.2, 0.25) is 5.91 Å². The van der Waals surface area contributed by atoms with Gasteiger partial charge in [-0.1, -0.05) is 6.07 Å². The quantitative estimate of drug-likeness (QED) is 0.682. The Morgan fingerprint density at radius 3 is 2.59 bits per heavy atom. The Morgan fingerprint density at radius 2 is 2.00 bits per heavy atom. The number of thiocarbonyl (C=S) groups is 1. The number of hydrogen-bond donors (Lipinski definition) is 3. The monoisotopic (exact) mass is 251 g/mol. The SMILES string of the molecule is CNC(=O)c1cccc(NC(=S)NC(C)=O)c1. The summed E-state index contributed by atoms with van der Waals surface area (Å²) in [5.41, 5.74) is 1.16. The van der Waals surface area contributed by atoms with Gasteiger partial charge >= 0.3 is 0 Å². The molecule has 0 heterocycles. The molecule has 0 bridgehead atoms. The lowest BCUT2D eigenvalue weighted by atomic mass is 10.2. The second-order valence-electron chi connectivity index (χ2n) is 3.30. The largest absolute Gasteiger partial charge is 0.355 e. The summed E-state index contributed by atoms with van der Waals surface area (Å²) in [5.74, 6) is -0.427. The first kappa shape index (κ1) is 13.1. The molecule has 90 valence electrons. The third kappa shape index (κ3) is 4.20. The summed E-state index contributed by atoms with van der Waals surface area (Å²) in [7, 11) is 1.56. The van der Waals surface area contributed by atoms with Crippen LogP contribution < -0.4 is 16.0 Å². The molecule has 0 fully saturated rings. The fourth-order valence-electron chi connectivity index (χ4n) is 1.20. The van der Waals surface area contributed by atoms with E-state index in [1.807, 2.05) is 0 Å². The van der Waals surface area contributed by atoms with E-state index in [-0.39, 0.29) is 16.9 Å². The second kappa shape index (κ2) is 5.95. The van der Waals surface area contributed by atoms with Crippen LogP contribution in [-0.2, 0) is 4.79 Å². The molecule has 0 saturated carbocycles. The fraction of sp³-hybridized carbons (Fsp3) is 0.182. The molecule has 0 aliphatic heterocycles. The minimum Gasteiger partial charge on any atom is -0.355 e. The van der Waals surface area contributed by atoms with Crippen molar-refractivity contribution in [1.82, 2.24) is 10.6 Å². The van der Waals surface area contributed by atoms with Crippen LogP contribution in [-0.4, -0.2) is 24.0 Å². The molecule has 1 aromatic carbocycles. The van der Waals surface area contributed by atoms with Crippen LogP contribution in [0.25, 0.3) is 0 Å². The standard InChI is InChI=1S/C11H13N3O2S/c1-7(15)13-11(17)14-9-5-3-4-8(6-9)10(16)12-2/h3-6H,1-2H3,(H,12,16)(H2,13,14,15,17). The van der Waals surface area contributed by atoms with Gasteiger partial charge in [-0.25, -0.2) is 0 Å². The summed E-state index contributed by atoms with van der Waals surface area (Å²) in [6.45, 7) is 1.37. The zero-order chi connectivity index (χ0) is 12.8. The summed E-state index contributed by atoms with van der Waals surface area (Å²) < 4.78 is 0. The van der Waals surface area contributed by atoms with Gasteiger partial charge in [0.1, 0.15) is 0 Å². The van der Waals surface area contributed by atoms with Crippen LogP contribution in [0.2, 0.25) is 0 Å². The average molecular weight is 251 g/mol. The lowest BCUT2D eigenvalue weighted by molar-refractivity contribution is -0.117. The second-order valence-corrected chi connectivity index (χ2v) is 3.70. The number of anilines is 1. The van der Waals surface area contributed by atoms with Crippen LogP contribution in [0.5, 0.6) is 0 Å². The predicted octanol–water partition coefficient (Wildman–Crippen LogP) is 0.879. The number of carbonyl (C=O) groups is 2. The Kier molecular flexibility index (Phi) is 4.59. The molecule has 0 aromatic heterocycles. The Bertz CT molecular complexity index is 460.